The second-order valence-electron chi connectivity index (χ2n) is 5.99. The Morgan fingerprint density at radius 2 is 2.00 bits per heavy atom. The predicted molar refractivity (Wildman–Crippen MR) is 93.5 cm³/mol. The highest BCUT2D eigenvalue weighted by Gasteiger charge is 2.15. The number of benzene rings is 1. The number of hydrogen-bond donors (Lipinski definition) is 3. The quantitative estimate of drug-likeness (QED) is 0.659. The molecular weight excluding hydrogens is 322 g/mol. The van der Waals surface area contributed by atoms with Gasteiger partial charge in [-0.1, -0.05) is 18.2 Å². The van der Waals surface area contributed by atoms with Gasteiger partial charge >= 0.3 is 5.69 Å². The van der Waals surface area contributed by atoms with Gasteiger partial charge < -0.3 is 14.7 Å². The molecule has 0 unspecified atom stereocenters. The van der Waals surface area contributed by atoms with Crippen LogP contribution in [0.15, 0.2) is 44.3 Å². The topological polar surface area (TPSA) is 108 Å². The fourth-order valence-electron chi connectivity index (χ4n) is 2.77. The van der Waals surface area contributed by atoms with Gasteiger partial charge in [-0.3, -0.25) is 14.6 Å². The van der Waals surface area contributed by atoms with Crippen molar-refractivity contribution in [3.63, 3.8) is 0 Å². The Labute approximate surface area is 143 Å². The molecule has 25 heavy (non-hydrogen) atoms. The van der Waals surface area contributed by atoms with E-state index in [4.69, 9.17) is 4.42 Å². The summed E-state index contributed by atoms with van der Waals surface area (Å²) in [5, 5.41) is 3.84. The number of aromatic nitrogens is 2. The van der Waals surface area contributed by atoms with Crippen LogP contribution in [0.3, 0.4) is 0 Å². The van der Waals surface area contributed by atoms with Crippen LogP contribution in [0, 0.1) is 6.92 Å². The lowest BCUT2D eigenvalue weighted by atomic mass is 10.1. The molecule has 0 saturated carbocycles. The van der Waals surface area contributed by atoms with Crippen molar-refractivity contribution in [1.29, 1.82) is 0 Å². The van der Waals surface area contributed by atoms with Gasteiger partial charge in [0.05, 0.1) is 6.04 Å². The Bertz CT molecular complexity index is 995. The molecule has 2 heterocycles. The molecule has 0 aliphatic heterocycles. The number of aryl methyl sites for hydroxylation is 1. The average molecular weight is 341 g/mol. The molecular formula is C18H19N3O4. The molecule has 0 aliphatic rings. The highest BCUT2D eigenvalue weighted by atomic mass is 16.3. The standard InChI is InChI=1S/C18H19N3O4/c1-10-13(17(23)21-18(24)20-10)7-8-16(22)19-11(2)15-9-12-5-3-4-6-14(12)25-15/h3-6,9,11H,7-8H2,1-2H3,(H,19,22)(H2,20,21,23,24)/t11-/m1/s1. The van der Waals surface area contributed by atoms with Crippen LogP contribution in [0.25, 0.3) is 11.0 Å². The third-order valence-corrected chi connectivity index (χ3v) is 4.11. The minimum Gasteiger partial charge on any atom is -0.459 e. The summed E-state index contributed by atoms with van der Waals surface area (Å²) < 4.78 is 5.74. The Morgan fingerprint density at radius 3 is 2.72 bits per heavy atom. The molecule has 0 bridgehead atoms. The van der Waals surface area contributed by atoms with E-state index in [1.54, 1.807) is 6.92 Å². The lowest BCUT2D eigenvalue weighted by molar-refractivity contribution is -0.121. The van der Waals surface area contributed by atoms with Crippen molar-refractivity contribution < 1.29 is 9.21 Å². The maximum Gasteiger partial charge on any atom is 0.325 e. The fourth-order valence-corrected chi connectivity index (χ4v) is 2.77. The third kappa shape index (κ3) is 3.71. The van der Waals surface area contributed by atoms with Crippen LogP contribution in [0.2, 0.25) is 0 Å². The van der Waals surface area contributed by atoms with E-state index < -0.39 is 11.2 Å². The van der Waals surface area contributed by atoms with Crippen molar-refractivity contribution in [3.8, 4) is 0 Å². The molecule has 3 rings (SSSR count). The molecule has 0 fully saturated rings. The molecule has 7 nitrogen and oxygen atoms in total. The SMILES string of the molecule is Cc1[nH]c(=O)[nH]c(=O)c1CCC(=O)N[C@H](C)c1cc2ccccc2o1. The van der Waals surface area contributed by atoms with E-state index in [-0.39, 0.29) is 24.8 Å². The van der Waals surface area contributed by atoms with Crippen LogP contribution in [0.1, 0.15) is 36.4 Å². The lowest BCUT2D eigenvalue weighted by Crippen LogP contribution is -2.30. The molecule has 130 valence electrons. The van der Waals surface area contributed by atoms with Gasteiger partial charge in [-0.05, 0) is 32.4 Å². The number of nitrogens with one attached hydrogen (secondary N) is 3. The summed E-state index contributed by atoms with van der Waals surface area (Å²) in [4.78, 5) is 39.8. The summed E-state index contributed by atoms with van der Waals surface area (Å²) in [6.45, 7) is 3.48. The zero-order valence-corrected chi connectivity index (χ0v) is 14.0. The highest BCUT2D eigenvalue weighted by molar-refractivity contribution is 5.79. The van der Waals surface area contributed by atoms with Crippen molar-refractivity contribution >= 4 is 16.9 Å². The van der Waals surface area contributed by atoms with Crippen LogP contribution in [-0.2, 0) is 11.2 Å². The first kappa shape index (κ1) is 16.8. The van der Waals surface area contributed by atoms with Crippen molar-refractivity contribution in [3.05, 3.63) is 68.2 Å². The molecule has 1 amide bonds. The minimum absolute atomic E-state index is 0.139. The van der Waals surface area contributed by atoms with E-state index in [9.17, 15) is 14.4 Å². The zero-order chi connectivity index (χ0) is 18.0. The summed E-state index contributed by atoms with van der Waals surface area (Å²) in [6, 6.07) is 9.25. The van der Waals surface area contributed by atoms with Crippen molar-refractivity contribution in [2.45, 2.75) is 32.7 Å². The molecule has 1 aromatic carbocycles. The minimum atomic E-state index is -0.547. The largest absolute Gasteiger partial charge is 0.459 e. The Balaban J connectivity index is 1.64. The summed E-state index contributed by atoms with van der Waals surface area (Å²) in [7, 11) is 0. The maximum absolute atomic E-state index is 12.2. The van der Waals surface area contributed by atoms with Crippen LogP contribution in [0.4, 0.5) is 0 Å². The highest BCUT2D eigenvalue weighted by Crippen LogP contribution is 2.23. The van der Waals surface area contributed by atoms with E-state index in [0.717, 1.165) is 11.0 Å². The summed E-state index contributed by atoms with van der Waals surface area (Å²) in [5.41, 5.74) is 0.653. The smallest absolute Gasteiger partial charge is 0.325 e. The average Bonchev–Trinajstić information content (AvgIpc) is 2.98. The molecule has 0 aliphatic carbocycles. The van der Waals surface area contributed by atoms with Gasteiger partial charge in [0.25, 0.3) is 5.56 Å². The predicted octanol–water partition coefficient (Wildman–Crippen LogP) is 1.93. The van der Waals surface area contributed by atoms with Gasteiger partial charge in [0, 0.05) is 23.1 Å². The van der Waals surface area contributed by atoms with E-state index in [0.29, 0.717) is 17.0 Å². The Hall–Kier alpha value is -3.09. The van der Waals surface area contributed by atoms with E-state index in [2.05, 4.69) is 15.3 Å². The normalized spacial score (nSPS) is 12.2. The number of para-hydroxylation sites is 1. The van der Waals surface area contributed by atoms with Gasteiger partial charge in [0.15, 0.2) is 0 Å². The summed E-state index contributed by atoms with van der Waals surface area (Å²) in [5.74, 6) is 0.477. The summed E-state index contributed by atoms with van der Waals surface area (Å²) in [6.07, 6.45) is 0.386. The van der Waals surface area contributed by atoms with Crippen LogP contribution in [0.5, 0.6) is 0 Å². The van der Waals surface area contributed by atoms with Crippen LogP contribution in [-0.4, -0.2) is 15.9 Å². The molecule has 0 radical (unpaired) electrons. The van der Waals surface area contributed by atoms with Gasteiger partial charge in [0.1, 0.15) is 11.3 Å². The maximum atomic E-state index is 12.2. The zero-order valence-electron chi connectivity index (χ0n) is 14.0. The number of furan rings is 1. The fraction of sp³-hybridized carbons (Fsp3) is 0.278. The van der Waals surface area contributed by atoms with Crippen molar-refractivity contribution in [1.82, 2.24) is 15.3 Å². The molecule has 2 aromatic heterocycles. The van der Waals surface area contributed by atoms with E-state index in [1.807, 2.05) is 37.3 Å². The molecule has 0 spiro atoms. The number of H-pyrrole nitrogens is 2. The number of fused-ring (bicyclic) bond motifs is 1. The molecule has 1 atom stereocenters. The number of carbonyl (C=O) groups excluding carboxylic acids is 1. The number of rotatable bonds is 5. The van der Waals surface area contributed by atoms with E-state index in [1.165, 1.54) is 0 Å². The Morgan fingerprint density at radius 1 is 1.24 bits per heavy atom. The number of amides is 1. The number of aromatic amines is 2. The van der Waals surface area contributed by atoms with Gasteiger partial charge in [0.2, 0.25) is 5.91 Å². The second-order valence-corrected chi connectivity index (χ2v) is 5.99. The lowest BCUT2D eigenvalue weighted by Gasteiger charge is -2.11. The first-order chi connectivity index (χ1) is 11.9. The Kier molecular flexibility index (Phi) is 4.56. The van der Waals surface area contributed by atoms with Crippen LogP contribution >= 0.6 is 0 Å². The molecule has 3 N–H and O–H groups in total. The molecule has 7 heteroatoms. The van der Waals surface area contributed by atoms with Crippen molar-refractivity contribution in [2.24, 2.45) is 0 Å². The summed E-state index contributed by atoms with van der Waals surface area (Å²) >= 11 is 0. The number of carbonyl (C=O) groups is 1. The third-order valence-electron chi connectivity index (χ3n) is 4.11. The van der Waals surface area contributed by atoms with Gasteiger partial charge in [-0.15, -0.1) is 0 Å². The number of hydrogen-bond acceptors (Lipinski definition) is 4. The second kappa shape index (κ2) is 6.80. The first-order valence-electron chi connectivity index (χ1n) is 8.04. The van der Waals surface area contributed by atoms with Gasteiger partial charge in [-0.2, -0.15) is 0 Å². The first-order valence-corrected chi connectivity index (χ1v) is 8.04. The molecule has 0 saturated heterocycles. The van der Waals surface area contributed by atoms with Gasteiger partial charge in [-0.25, -0.2) is 4.79 Å². The van der Waals surface area contributed by atoms with E-state index >= 15 is 0 Å². The monoisotopic (exact) mass is 341 g/mol. The molecule has 3 aromatic rings. The van der Waals surface area contributed by atoms with Crippen LogP contribution < -0.4 is 16.6 Å². The van der Waals surface area contributed by atoms with Crippen molar-refractivity contribution in [2.75, 3.05) is 0 Å².